The van der Waals surface area contributed by atoms with Crippen molar-refractivity contribution in [3.63, 3.8) is 0 Å². The van der Waals surface area contributed by atoms with Crippen molar-refractivity contribution in [2.24, 2.45) is 5.73 Å². The van der Waals surface area contributed by atoms with Crippen LogP contribution in [0.1, 0.15) is 10.6 Å². The van der Waals surface area contributed by atoms with E-state index in [0.29, 0.717) is 10.5 Å². The molecule has 2 aromatic rings. The van der Waals surface area contributed by atoms with Crippen LogP contribution in [-0.2, 0) is 0 Å². The summed E-state index contributed by atoms with van der Waals surface area (Å²) >= 11 is 5.77. The molecule has 2 rings (SSSR count). The molecule has 2 N–H and O–H groups in total. The molecule has 1 amide bonds. The van der Waals surface area contributed by atoms with Gasteiger partial charge in [0.15, 0.2) is 0 Å². The number of carbonyl (C=O) groups is 1. The van der Waals surface area contributed by atoms with E-state index in [0.717, 1.165) is 5.39 Å². The van der Waals surface area contributed by atoms with Crippen LogP contribution in [0.25, 0.3) is 10.9 Å². The summed E-state index contributed by atoms with van der Waals surface area (Å²) in [5.41, 5.74) is 5.66. The number of benzene rings is 1. The van der Waals surface area contributed by atoms with Crippen LogP contribution in [0.5, 0.6) is 0 Å². The first kappa shape index (κ1) is 8.90. The number of halogens is 1. The van der Waals surface area contributed by atoms with Crippen LogP contribution in [0.2, 0.25) is 5.02 Å². The summed E-state index contributed by atoms with van der Waals surface area (Å²) in [6, 6.07) is 5.17. The van der Waals surface area contributed by atoms with Crippen molar-refractivity contribution in [3.8, 4) is 0 Å². The van der Waals surface area contributed by atoms with Gasteiger partial charge in [-0.2, -0.15) is 0 Å². The zero-order valence-corrected chi connectivity index (χ0v) is 7.82. The number of fused-ring (bicyclic) bond motifs is 1. The van der Waals surface area contributed by atoms with E-state index < -0.39 is 5.91 Å². The van der Waals surface area contributed by atoms with Crippen LogP contribution in [0.4, 0.5) is 0 Å². The Labute approximate surface area is 84.7 Å². The summed E-state index contributed by atoms with van der Waals surface area (Å²) in [5.74, 6) is -0.647. The number of hydrogen-bond acceptors (Lipinski definition) is 3. The van der Waals surface area contributed by atoms with E-state index in [4.69, 9.17) is 17.3 Å². The van der Waals surface area contributed by atoms with Gasteiger partial charge < -0.3 is 5.73 Å². The summed E-state index contributed by atoms with van der Waals surface area (Å²) < 4.78 is 0. The van der Waals surface area contributed by atoms with Crippen molar-refractivity contribution in [1.29, 1.82) is 0 Å². The second-order valence-corrected chi connectivity index (χ2v) is 3.20. The number of hydrogen-bond donors (Lipinski definition) is 1. The van der Waals surface area contributed by atoms with Crippen LogP contribution < -0.4 is 5.73 Å². The molecule has 0 spiro atoms. The van der Waals surface area contributed by atoms with Crippen LogP contribution >= 0.6 is 11.6 Å². The lowest BCUT2D eigenvalue weighted by molar-refractivity contribution is 0.0991. The van der Waals surface area contributed by atoms with Crippen molar-refractivity contribution in [1.82, 2.24) is 9.97 Å². The lowest BCUT2D eigenvalue weighted by atomic mass is 10.2. The van der Waals surface area contributed by atoms with E-state index in [1.807, 2.05) is 0 Å². The molecule has 0 saturated carbocycles. The van der Waals surface area contributed by atoms with E-state index in [2.05, 4.69) is 9.97 Å². The third-order valence-electron chi connectivity index (χ3n) is 1.77. The highest BCUT2D eigenvalue weighted by Crippen LogP contribution is 2.16. The maximum Gasteiger partial charge on any atom is 0.286 e. The van der Waals surface area contributed by atoms with Crippen molar-refractivity contribution < 1.29 is 4.79 Å². The SMILES string of the molecule is NC(=O)c1ncc2ccc(Cl)cc2n1. The van der Waals surface area contributed by atoms with E-state index in [1.165, 1.54) is 0 Å². The van der Waals surface area contributed by atoms with Gasteiger partial charge in [-0.15, -0.1) is 0 Å². The van der Waals surface area contributed by atoms with Gasteiger partial charge in [-0.1, -0.05) is 11.6 Å². The largest absolute Gasteiger partial charge is 0.363 e. The van der Waals surface area contributed by atoms with Gasteiger partial charge in [-0.25, -0.2) is 9.97 Å². The Kier molecular flexibility index (Phi) is 2.05. The zero-order valence-electron chi connectivity index (χ0n) is 7.07. The highest BCUT2D eigenvalue weighted by Gasteiger charge is 2.05. The van der Waals surface area contributed by atoms with E-state index in [1.54, 1.807) is 24.4 Å². The minimum atomic E-state index is -0.646. The molecule has 14 heavy (non-hydrogen) atoms. The summed E-state index contributed by atoms with van der Waals surface area (Å²) in [5, 5.41) is 1.38. The van der Waals surface area contributed by atoms with E-state index in [9.17, 15) is 4.79 Å². The topological polar surface area (TPSA) is 68.9 Å². The third kappa shape index (κ3) is 1.52. The van der Waals surface area contributed by atoms with Gasteiger partial charge in [0.1, 0.15) is 0 Å². The van der Waals surface area contributed by atoms with Gasteiger partial charge in [-0.05, 0) is 18.2 Å². The minimum Gasteiger partial charge on any atom is -0.363 e. The molecular weight excluding hydrogens is 202 g/mol. The van der Waals surface area contributed by atoms with Crippen LogP contribution in [0.15, 0.2) is 24.4 Å². The van der Waals surface area contributed by atoms with Crippen molar-refractivity contribution >= 4 is 28.4 Å². The molecule has 0 unspecified atom stereocenters. The number of rotatable bonds is 1. The smallest absolute Gasteiger partial charge is 0.286 e. The highest BCUT2D eigenvalue weighted by molar-refractivity contribution is 6.31. The molecule has 5 heteroatoms. The quantitative estimate of drug-likeness (QED) is 0.768. The lowest BCUT2D eigenvalue weighted by Gasteiger charge is -1.98. The normalized spacial score (nSPS) is 10.4. The molecule has 0 radical (unpaired) electrons. The summed E-state index contributed by atoms with van der Waals surface area (Å²) in [4.78, 5) is 18.6. The Morgan fingerprint density at radius 1 is 1.43 bits per heavy atom. The van der Waals surface area contributed by atoms with Crippen LogP contribution in [0.3, 0.4) is 0 Å². The summed E-state index contributed by atoms with van der Waals surface area (Å²) in [6.07, 6.45) is 1.54. The number of nitrogens with zero attached hydrogens (tertiary/aromatic N) is 2. The molecule has 70 valence electrons. The summed E-state index contributed by atoms with van der Waals surface area (Å²) in [7, 11) is 0. The standard InChI is InChI=1S/C9H6ClN3O/c10-6-2-1-5-4-12-9(8(11)14)13-7(5)3-6/h1-4H,(H2,11,14). The lowest BCUT2D eigenvalue weighted by Crippen LogP contribution is -2.14. The van der Waals surface area contributed by atoms with Gasteiger partial charge in [0.05, 0.1) is 5.52 Å². The number of nitrogens with two attached hydrogens (primary N) is 1. The molecule has 1 heterocycles. The van der Waals surface area contributed by atoms with Gasteiger partial charge in [0.2, 0.25) is 5.82 Å². The highest BCUT2D eigenvalue weighted by atomic mass is 35.5. The molecule has 1 aromatic carbocycles. The van der Waals surface area contributed by atoms with Gasteiger partial charge in [0, 0.05) is 16.6 Å². The zero-order chi connectivity index (χ0) is 10.1. The molecule has 1 aromatic heterocycles. The fourth-order valence-corrected chi connectivity index (χ4v) is 1.28. The predicted octanol–water partition coefficient (Wildman–Crippen LogP) is 1.38. The first-order valence-electron chi connectivity index (χ1n) is 3.89. The molecule has 0 saturated heterocycles. The fourth-order valence-electron chi connectivity index (χ4n) is 1.12. The van der Waals surface area contributed by atoms with Crippen LogP contribution in [-0.4, -0.2) is 15.9 Å². The second kappa shape index (κ2) is 3.23. The Bertz CT molecular complexity index is 512. The maximum absolute atomic E-state index is 10.8. The Hall–Kier alpha value is -1.68. The molecule has 0 bridgehead atoms. The molecule has 0 aliphatic heterocycles. The van der Waals surface area contributed by atoms with Crippen molar-refractivity contribution in [2.45, 2.75) is 0 Å². The maximum atomic E-state index is 10.8. The van der Waals surface area contributed by atoms with Crippen molar-refractivity contribution in [2.75, 3.05) is 0 Å². The number of aromatic nitrogens is 2. The number of amides is 1. The number of carbonyl (C=O) groups excluding carboxylic acids is 1. The Morgan fingerprint density at radius 2 is 2.21 bits per heavy atom. The van der Waals surface area contributed by atoms with E-state index in [-0.39, 0.29) is 5.82 Å². The molecule has 0 aliphatic carbocycles. The molecule has 4 nitrogen and oxygen atoms in total. The molecular formula is C9H6ClN3O. The van der Waals surface area contributed by atoms with Gasteiger partial charge in [0.25, 0.3) is 5.91 Å². The second-order valence-electron chi connectivity index (χ2n) is 2.76. The average molecular weight is 208 g/mol. The predicted molar refractivity (Wildman–Crippen MR) is 53.1 cm³/mol. The third-order valence-corrected chi connectivity index (χ3v) is 2.00. The average Bonchev–Trinajstić information content (AvgIpc) is 2.16. The van der Waals surface area contributed by atoms with E-state index >= 15 is 0 Å². The first-order chi connectivity index (χ1) is 6.66. The van der Waals surface area contributed by atoms with Crippen molar-refractivity contribution in [3.05, 3.63) is 35.2 Å². The Morgan fingerprint density at radius 3 is 2.93 bits per heavy atom. The Balaban J connectivity index is 2.69. The fraction of sp³-hybridized carbons (Fsp3) is 0. The first-order valence-corrected chi connectivity index (χ1v) is 4.27. The van der Waals surface area contributed by atoms with Gasteiger partial charge >= 0.3 is 0 Å². The van der Waals surface area contributed by atoms with Gasteiger partial charge in [-0.3, -0.25) is 4.79 Å². The monoisotopic (exact) mass is 207 g/mol. The molecule has 0 atom stereocenters. The molecule has 0 fully saturated rings. The number of primary amides is 1. The van der Waals surface area contributed by atoms with Crippen LogP contribution in [0, 0.1) is 0 Å². The minimum absolute atomic E-state index is 0.000216. The summed E-state index contributed by atoms with van der Waals surface area (Å²) in [6.45, 7) is 0. The molecule has 0 aliphatic rings.